The largest absolute Gasteiger partial charge is 0.468 e. The van der Waals surface area contributed by atoms with Gasteiger partial charge in [-0.3, -0.25) is 9.69 Å². The van der Waals surface area contributed by atoms with Crippen molar-refractivity contribution < 1.29 is 14.3 Å². The topological polar surface area (TPSA) is 130 Å². The average molecular weight is 429 g/mol. The molecule has 2 aromatic heterocycles. The first-order valence-electron chi connectivity index (χ1n) is 11.1. The number of rotatable bonds is 11. The first-order chi connectivity index (χ1) is 15.1. The molecule has 0 radical (unpaired) electrons. The van der Waals surface area contributed by atoms with Gasteiger partial charge >= 0.3 is 12.0 Å². The Balaban J connectivity index is 1.60. The van der Waals surface area contributed by atoms with Gasteiger partial charge in [-0.05, 0) is 51.6 Å². The van der Waals surface area contributed by atoms with Crippen molar-refractivity contribution in [1.29, 1.82) is 5.26 Å². The maximum atomic E-state index is 11.9. The van der Waals surface area contributed by atoms with E-state index in [1.807, 2.05) is 0 Å². The number of nitriles is 1. The Labute approximate surface area is 182 Å². The quantitative estimate of drug-likeness (QED) is 0.413. The van der Waals surface area contributed by atoms with Crippen molar-refractivity contribution in [2.24, 2.45) is 0 Å². The summed E-state index contributed by atoms with van der Waals surface area (Å²) in [7, 11) is 1.45. The highest BCUT2D eigenvalue weighted by atomic mass is 16.5. The summed E-state index contributed by atoms with van der Waals surface area (Å²) in [5, 5.41) is 9.55. The molecule has 2 aromatic rings. The fourth-order valence-electron chi connectivity index (χ4n) is 4.12. The monoisotopic (exact) mass is 428 g/mol. The zero-order valence-electron chi connectivity index (χ0n) is 18.4. The molecule has 0 amide bonds. The molecule has 9 heteroatoms. The number of ether oxygens (including phenoxy) is 2. The lowest BCUT2D eigenvalue weighted by Gasteiger charge is -2.22. The third-order valence-electron chi connectivity index (χ3n) is 5.80. The molecule has 1 aliphatic rings. The molecule has 1 fully saturated rings. The summed E-state index contributed by atoms with van der Waals surface area (Å²) in [6, 6.07) is 2.37. The number of fused-ring (bicyclic) bond motifs is 1. The highest BCUT2D eigenvalue weighted by molar-refractivity contribution is 5.89. The van der Waals surface area contributed by atoms with Crippen LogP contribution in [0.4, 0.5) is 5.82 Å². The molecule has 0 bridgehead atoms. The molecule has 168 valence electrons. The summed E-state index contributed by atoms with van der Waals surface area (Å²) in [6.07, 6.45) is 7.44. The lowest BCUT2D eigenvalue weighted by atomic mass is 10.1. The second kappa shape index (κ2) is 11.0. The van der Waals surface area contributed by atoms with Crippen LogP contribution in [0.2, 0.25) is 0 Å². The van der Waals surface area contributed by atoms with E-state index in [9.17, 15) is 10.1 Å². The molecule has 1 atom stereocenters. The SMILES string of the molecule is CCCCOc1nc(N)c2[nH]c(C#N)c(CCCCCN3CCC[C@H]3C(=O)OC)c2n1. The first kappa shape index (κ1) is 22.8. The molecule has 1 aliphatic heterocycles. The van der Waals surface area contributed by atoms with Crippen LogP contribution in [0.15, 0.2) is 0 Å². The van der Waals surface area contributed by atoms with Crippen molar-refractivity contribution in [1.82, 2.24) is 19.9 Å². The maximum absolute atomic E-state index is 11.9. The van der Waals surface area contributed by atoms with Crippen LogP contribution in [-0.4, -0.2) is 58.7 Å². The van der Waals surface area contributed by atoms with Gasteiger partial charge in [0.25, 0.3) is 0 Å². The van der Waals surface area contributed by atoms with Gasteiger partial charge in [-0.1, -0.05) is 19.8 Å². The Morgan fingerprint density at radius 1 is 1.32 bits per heavy atom. The molecular formula is C22H32N6O3. The number of nitrogens with zero attached hydrogens (tertiary/aromatic N) is 4. The van der Waals surface area contributed by atoms with E-state index in [1.54, 1.807) is 0 Å². The number of nitrogen functional groups attached to an aromatic ring is 1. The lowest BCUT2D eigenvalue weighted by molar-refractivity contribution is -0.145. The molecule has 3 rings (SSSR count). The molecule has 3 N–H and O–H groups in total. The van der Waals surface area contributed by atoms with Crippen LogP contribution in [0.1, 0.15) is 63.1 Å². The summed E-state index contributed by atoms with van der Waals surface area (Å²) in [6.45, 7) is 4.45. The Morgan fingerprint density at radius 2 is 2.16 bits per heavy atom. The van der Waals surface area contributed by atoms with E-state index in [0.717, 1.165) is 63.6 Å². The van der Waals surface area contributed by atoms with Gasteiger partial charge in [0.15, 0.2) is 5.82 Å². The van der Waals surface area contributed by atoms with Crippen molar-refractivity contribution >= 4 is 22.8 Å². The van der Waals surface area contributed by atoms with Gasteiger partial charge in [0.05, 0.1) is 13.7 Å². The van der Waals surface area contributed by atoms with Crippen molar-refractivity contribution in [2.45, 2.75) is 64.3 Å². The molecule has 0 aromatic carbocycles. The molecular weight excluding hydrogens is 396 g/mol. The number of hydrogen-bond donors (Lipinski definition) is 2. The number of aromatic amines is 1. The van der Waals surface area contributed by atoms with Crippen molar-refractivity contribution in [3.63, 3.8) is 0 Å². The normalized spacial score (nSPS) is 16.5. The van der Waals surface area contributed by atoms with Gasteiger partial charge in [0, 0.05) is 5.56 Å². The number of unbranched alkanes of at least 4 members (excludes halogenated alkanes) is 3. The van der Waals surface area contributed by atoms with E-state index >= 15 is 0 Å². The first-order valence-corrected chi connectivity index (χ1v) is 11.1. The number of carbonyl (C=O) groups is 1. The van der Waals surface area contributed by atoms with Gasteiger partial charge in [0.2, 0.25) is 0 Å². The number of aromatic nitrogens is 3. The minimum Gasteiger partial charge on any atom is -0.468 e. The summed E-state index contributed by atoms with van der Waals surface area (Å²) >= 11 is 0. The zero-order chi connectivity index (χ0) is 22.2. The number of esters is 1. The van der Waals surface area contributed by atoms with Crippen molar-refractivity contribution in [3.05, 3.63) is 11.3 Å². The standard InChI is InChI=1S/C22H32N6O3/c1-3-4-13-31-22-26-18-15(16(14-23)25-19(18)20(24)27-22)9-6-5-7-11-28-12-8-10-17(28)21(29)30-2/h17,25H,3-13H2,1-2H3,(H2,24,26,27)/t17-/m0/s1. The van der Waals surface area contributed by atoms with Crippen LogP contribution in [0.25, 0.3) is 11.0 Å². The fraction of sp³-hybridized carbons (Fsp3) is 0.636. The number of likely N-dealkylation sites (tertiary alicyclic amines) is 1. The average Bonchev–Trinajstić information content (AvgIpc) is 3.38. The zero-order valence-corrected chi connectivity index (χ0v) is 18.4. The van der Waals surface area contributed by atoms with E-state index in [-0.39, 0.29) is 18.0 Å². The second-order valence-electron chi connectivity index (χ2n) is 7.94. The Kier molecular flexibility index (Phi) is 8.06. The van der Waals surface area contributed by atoms with E-state index in [2.05, 4.69) is 32.8 Å². The highest BCUT2D eigenvalue weighted by Crippen LogP contribution is 2.27. The third kappa shape index (κ3) is 5.44. The van der Waals surface area contributed by atoms with Gasteiger partial charge in [0.1, 0.15) is 28.8 Å². The van der Waals surface area contributed by atoms with Gasteiger partial charge in [-0.15, -0.1) is 0 Å². The number of carbonyl (C=O) groups excluding carboxylic acids is 1. The van der Waals surface area contributed by atoms with Crippen LogP contribution in [0.3, 0.4) is 0 Å². The number of methoxy groups -OCH3 is 1. The minimum atomic E-state index is -0.135. The molecule has 3 heterocycles. The van der Waals surface area contributed by atoms with E-state index in [0.29, 0.717) is 35.6 Å². The van der Waals surface area contributed by atoms with Crippen LogP contribution >= 0.6 is 0 Å². The van der Waals surface area contributed by atoms with Crippen LogP contribution in [0.5, 0.6) is 6.01 Å². The maximum Gasteiger partial charge on any atom is 0.323 e. The Morgan fingerprint density at radius 3 is 2.90 bits per heavy atom. The fourth-order valence-corrected chi connectivity index (χ4v) is 4.12. The molecule has 1 saturated heterocycles. The van der Waals surface area contributed by atoms with Gasteiger partial charge < -0.3 is 20.2 Å². The molecule has 0 aliphatic carbocycles. The Bertz CT molecular complexity index is 935. The number of hydrogen-bond acceptors (Lipinski definition) is 8. The van der Waals surface area contributed by atoms with E-state index in [1.165, 1.54) is 7.11 Å². The lowest BCUT2D eigenvalue weighted by Crippen LogP contribution is -2.37. The number of nitrogens with two attached hydrogens (primary N) is 1. The minimum absolute atomic E-state index is 0.102. The van der Waals surface area contributed by atoms with Gasteiger partial charge in [-0.2, -0.15) is 15.2 Å². The van der Waals surface area contributed by atoms with E-state index < -0.39 is 0 Å². The summed E-state index contributed by atoms with van der Waals surface area (Å²) in [5.41, 5.74) is 8.68. The summed E-state index contributed by atoms with van der Waals surface area (Å²) in [5.74, 6) is 0.159. The number of aryl methyl sites for hydroxylation is 1. The van der Waals surface area contributed by atoms with Crippen LogP contribution in [0, 0.1) is 11.3 Å². The number of H-pyrrole nitrogens is 1. The summed E-state index contributed by atoms with van der Waals surface area (Å²) < 4.78 is 10.5. The molecule has 0 unspecified atom stereocenters. The number of nitrogens with one attached hydrogen (secondary N) is 1. The molecule has 0 saturated carbocycles. The summed E-state index contributed by atoms with van der Waals surface area (Å²) in [4.78, 5) is 25.9. The molecule has 31 heavy (non-hydrogen) atoms. The Hall–Kier alpha value is -2.86. The smallest absolute Gasteiger partial charge is 0.323 e. The van der Waals surface area contributed by atoms with Crippen molar-refractivity contribution in [3.8, 4) is 12.1 Å². The molecule has 9 nitrogen and oxygen atoms in total. The van der Waals surface area contributed by atoms with Crippen LogP contribution < -0.4 is 10.5 Å². The van der Waals surface area contributed by atoms with Gasteiger partial charge in [-0.25, -0.2) is 0 Å². The van der Waals surface area contributed by atoms with Crippen molar-refractivity contribution in [2.75, 3.05) is 32.5 Å². The second-order valence-corrected chi connectivity index (χ2v) is 7.94. The highest BCUT2D eigenvalue weighted by Gasteiger charge is 2.30. The third-order valence-corrected chi connectivity index (χ3v) is 5.80. The van der Waals surface area contributed by atoms with Crippen LogP contribution in [-0.2, 0) is 16.0 Å². The molecule has 0 spiro atoms. The van der Waals surface area contributed by atoms with E-state index in [4.69, 9.17) is 15.2 Å². The predicted molar refractivity (Wildman–Crippen MR) is 118 cm³/mol. The number of anilines is 1. The predicted octanol–water partition coefficient (Wildman–Crippen LogP) is 2.94.